The van der Waals surface area contributed by atoms with E-state index in [4.69, 9.17) is 10.5 Å². The third kappa shape index (κ3) is 4.59. The number of thiazole rings is 1. The van der Waals surface area contributed by atoms with Gasteiger partial charge in [-0.1, -0.05) is 0 Å². The number of primary amides is 1. The van der Waals surface area contributed by atoms with Crippen LogP contribution in [-0.4, -0.2) is 74.4 Å². The maximum atomic E-state index is 12.9. The third-order valence-electron chi connectivity index (χ3n) is 7.50. The van der Waals surface area contributed by atoms with Crippen molar-refractivity contribution in [1.29, 1.82) is 0 Å². The van der Waals surface area contributed by atoms with E-state index in [9.17, 15) is 9.59 Å². The number of hydrogen-bond donors (Lipinski definition) is 2. The number of nitrogens with two attached hydrogens (primary N) is 1. The van der Waals surface area contributed by atoms with Crippen LogP contribution in [0.3, 0.4) is 0 Å². The Morgan fingerprint density at radius 3 is 2.79 bits per heavy atom. The zero-order valence-corrected chi connectivity index (χ0v) is 22.3. The van der Waals surface area contributed by atoms with Gasteiger partial charge in [0, 0.05) is 36.7 Å². The molecule has 0 bridgehead atoms. The van der Waals surface area contributed by atoms with Gasteiger partial charge in [0.15, 0.2) is 0 Å². The number of ether oxygens (including phenoxy) is 1. The molecule has 2 amide bonds. The first kappa shape index (κ1) is 24.7. The summed E-state index contributed by atoms with van der Waals surface area (Å²) in [4.78, 5) is 33.3. The fraction of sp³-hybridized carbons (Fsp3) is 0.423. The van der Waals surface area contributed by atoms with Gasteiger partial charge < -0.3 is 15.8 Å². The Kier molecular flexibility index (Phi) is 6.25. The molecular weight excluding hydrogens is 504 g/mol. The van der Waals surface area contributed by atoms with Gasteiger partial charge in [-0.25, -0.2) is 4.52 Å². The van der Waals surface area contributed by atoms with Gasteiger partial charge in [-0.15, -0.1) is 11.3 Å². The number of likely N-dealkylation sites (tertiary alicyclic amines) is 1. The van der Waals surface area contributed by atoms with Crippen LogP contribution >= 0.6 is 11.3 Å². The van der Waals surface area contributed by atoms with Gasteiger partial charge >= 0.3 is 0 Å². The van der Waals surface area contributed by atoms with Gasteiger partial charge in [0.05, 0.1) is 60.1 Å². The number of anilines is 1. The van der Waals surface area contributed by atoms with Crippen molar-refractivity contribution < 1.29 is 14.3 Å². The van der Waals surface area contributed by atoms with Crippen molar-refractivity contribution in [3.8, 4) is 21.7 Å². The lowest BCUT2D eigenvalue weighted by Gasteiger charge is -2.16. The molecule has 0 unspecified atom stereocenters. The SMILES string of the molecule is COCCn1cc(-c2sc3c(C(N)=O)cnn3c2-c2cc(NC(=O)CN3CCC4(CC4)C3)cnc2C)cn1. The Morgan fingerprint density at radius 2 is 2.05 bits per heavy atom. The van der Waals surface area contributed by atoms with E-state index < -0.39 is 5.91 Å². The van der Waals surface area contributed by atoms with Crippen LogP contribution in [0.4, 0.5) is 5.69 Å². The minimum absolute atomic E-state index is 0.0514. The van der Waals surface area contributed by atoms with E-state index in [0.29, 0.717) is 41.2 Å². The van der Waals surface area contributed by atoms with E-state index in [1.165, 1.54) is 36.8 Å². The van der Waals surface area contributed by atoms with Crippen LogP contribution in [-0.2, 0) is 16.1 Å². The summed E-state index contributed by atoms with van der Waals surface area (Å²) in [6.07, 6.45) is 10.6. The van der Waals surface area contributed by atoms with Crippen LogP contribution in [0.2, 0.25) is 0 Å². The van der Waals surface area contributed by atoms with Crippen molar-refractivity contribution >= 4 is 33.7 Å². The summed E-state index contributed by atoms with van der Waals surface area (Å²) in [6.45, 7) is 5.42. The molecule has 12 heteroatoms. The molecule has 38 heavy (non-hydrogen) atoms. The van der Waals surface area contributed by atoms with Gasteiger partial charge in [-0.05, 0) is 44.2 Å². The van der Waals surface area contributed by atoms with Crippen molar-refractivity contribution in [3.05, 3.63) is 42.1 Å². The Hall–Kier alpha value is -3.61. The normalized spacial score (nSPS) is 16.5. The number of rotatable bonds is 9. The van der Waals surface area contributed by atoms with E-state index >= 15 is 0 Å². The molecule has 2 aliphatic rings. The number of pyridine rings is 1. The number of nitrogens with one attached hydrogen (secondary N) is 1. The zero-order valence-electron chi connectivity index (χ0n) is 21.4. The van der Waals surface area contributed by atoms with Crippen LogP contribution in [0.1, 0.15) is 35.3 Å². The monoisotopic (exact) mass is 534 g/mol. The molecule has 1 saturated heterocycles. The number of aromatic nitrogens is 5. The van der Waals surface area contributed by atoms with Gasteiger partial charge in [-0.2, -0.15) is 10.2 Å². The Balaban J connectivity index is 1.35. The van der Waals surface area contributed by atoms with Crippen molar-refractivity contribution in [2.45, 2.75) is 32.7 Å². The number of hydrogen-bond acceptors (Lipinski definition) is 8. The van der Waals surface area contributed by atoms with Gasteiger partial charge in [0.2, 0.25) is 5.91 Å². The maximum absolute atomic E-state index is 12.9. The molecule has 3 N–H and O–H groups in total. The predicted molar refractivity (Wildman–Crippen MR) is 144 cm³/mol. The van der Waals surface area contributed by atoms with E-state index in [0.717, 1.165) is 40.5 Å². The number of nitrogens with zero attached hydrogens (tertiary/aromatic N) is 6. The van der Waals surface area contributed by atoms with E-state index in [1.54, 1.807) is 24.0 Å². The van der Waals surface area contributed by atoms with E-state index in [-0.39, 0.29) is 5.91 Å². The molecule has 0 aromatic carbocycles. The molecule has 1 aliphatic carbocycles. The number of fused-ring (bicyclic) bond motifs is 1. The molecule has 6 rings (SSSR count). The van der Waals surface area contributed by atoms with Crippen LogP contribution in [0.15, 0.2) is 30.9 Å². The number of aryl methyl sites for hydroxylation is 1. The first-order chi connectivity index (χ1) is 18.4. The molecule has 0 radical (unpaired) electrons. The summed E-state index contributed by atoms with van der Waals surface area (Å²) in [5.41, 5.74) is 10.3. The molecule has 4 aromatic rings. The van der Waals surface area contributed by atoms with Crippen molar-refractivity contribution in [3.63, 3.8) is 0 Å². The maximum Gasteiger partial charge on any atom is 0.253 e. The van der Waals surface area contributed by atoms with E-state index in [2.05, 4.69) is 25.4 Å². The highest BCUT2D eigenvalue weighted by molar-refractivity contribution is 7.21. The number of methoxy groups -OCH3 is 1. The van der Waals surface area contributed by atoms with Gasteiger partial charge in [-0.3, -0.25) is 24.2 Å². The number of amides is 2. The summed E-state index contributed by atoms with van der Waals surface area (Å²) < 4.78 is 8.71. The summed E-state index contributed by atoms with van der Waals surface area (Å²) in [5.74, 6) is -0.592. The first-order valence-corrected chi connectivity index (χ1v) is 13.5. The van der Waals surface area contributed by atoms with Gasteiger partial charge in [0.25, 0.3) is 5.91 Å². The van der Waals surface area contributed by atoms with Crippen molar-refractivity contribution in [2.75, 3.05) is 38.7 Å². The Labute approximate surface area is 223 Å². The first-order valence-electron chi connectivity index (χ1n) is 12.7. The molecule has 4 aromatic heterocycles. The summed E-state index contributed by atoms with van der Waals surface area (Å²) >= 11 is 1.42. The fourth-order valence-corrected chi connectivity index (χ4v) is 6.42. The number of carbonyl (C=O) groups is 2. The lowest BCUT2D eigenvalue weighted by molar-refractivity contribution is -0.117. The van der Waals surface area contributed by atoms with Crippen LogP contribution in [0.25, 0.3) is 26.5 Å². The second kappa shape index (κ2) is 9.61. The summed E-state index contributed by atoms with van der Waals surface area (Å²) in [6, 6.07) is 1.92. The minimum Gasteiger partial charge on any atom is -0.383 e. The average Bonchev–Trinajstić information content (AvgIpc) is 3.28. The lowest BCUT2D eigenvalue weighted by atomic mass is 10.1. The molecule has 11 nitrogen and oxygen atoms in total. The quantitative estimate of drug-likeness (QED) is 0.337. The topological polar surface area (TPSA) is 133 Å². The third-order valence-corrected chi connectivity index (χ3v) is 8.72. The fourth-order valence-electron chi connectivity index (χ4n) is 5.22. The van der Waals surface area contributed by atoms with Crippen molar-refractivity contribution in [1.82, 2.24) is 29.3 Å². The Bertz CT molecular complexity index is 1530. The largest absolute Gasteiger partial charge is 0.383 e. The summed E-state index contributed by atoms with van der Waals surface area (Å²) in [7, 11) is 1.65. The second-order valence-electron chi connectivity index (χ2n) is 10.3. The number of carbonyl (C=O) groups excluding carboxylic acids is 2. The minimum atomic E-state index is -0.541. The molecule has 2 fully saturated rings. The van der Waals surface area contributed by atoms with Crippen molar-refractivity contribution in [2.24, 2.45) is 11.1 Å². The highest BCUT2D eigenvalue weighted by Gasteiger charge is 2.47. The molecule has 5 heterocycles. The second-order valence-corrected chi connectivity index (χ2v) is 11.3. The molecule has 1 aliphatic heterocycles. The molecule has 1 spiro atoms. The molecule has 1 saturated carbocycles. The molecular formula is C26H30N8O3S. The average molecular weight is 535 g/mol. The Morgan fingerprint density at radius 1 is 1.21 bits per heavy atom. The molecule has 198 valence electrons. The van der Waals surface area contributed by atoms with Gasteiger partial charge in [0.1, 0.15) is 4.83 Å². The molecule has 0 atom stereocenters. The highest BCUT2D eigenvalue weighted by Crippen LogP contribution is 2.52. The van der Waals surface area contributed by atoms with Crippen LogP contribution in [0, 0.1) is 12.3 Å². The van der Waals surface area contributed by atoms with Crippen LogP contribution < -0.4 is 11.1 Å². The lowest BCUT2D eigenvalue weighted by Crippen LogP contribution is -2.31. The van der Waals surface area contributed by atoms with Crippen LogP contribution in [0.5, 0.6) is 0 Å². The summed E-state index contributed by atoms with van der Waals surface area (Å²) in [5, 5.41) is 12.0. The van der Waals surface area contributed by atoms with E-state index in [1.807, 2.05) is 23.9 Å². The standard InChI is InChI=1S/C26H30N8O3S/c1-16-19(9-18(11-28-16)31-21(35)14-32-6-5-26(15-32)3-4-26)22-23(17-10-29-33(13-17)7-8-37-2)38-25-20(24(27)36)12-30-34(22)25/h9-13H,3-8,14-15H2,1-2H3,(H2,27,36)(H,31,35). The zero-order chi connectivity index (χ0) is 26.4. The smallest absolute Gasteiger partial charge is 0.253 e. The predicted octanol–water partition coefficient (Wildman–Crippen LogP) is 2.80. The highest BCUT2D eigenvalue weighted by atomic mass is 32.1.